The number of nitrogens with one attached hydrogen (secondary N) is 1. The summed E-state index contributed by atoms with van der Waals surface area (Å²) in [4.78, 5) is 14.5. The van der Waals surface area contributed by atoms with Crippen molar-refractivity contribution in [1.29, 1.82) is 0 Å². The van der Waals surface area contributed by atoms with Crippen molar-refractivity contribution in [3.05, 3.63) is 36.2 Å². The number of carbonyl (C=O) groups is 1. The molecule has 3 rings (SSSR count). The quantitative estimate of drug-likeness (QED) is 0.806. The Morgan fingerprint density at radius 2 is 2.08 bits per heavy atom. The molecule has 1 aliphatic carbocycles. The van der Waals surface area contributed by atoms with E-state index in [0.29, 0.717) is 5.69 Å². The molecule has 25 heavy (non-hydrogen) atoms. The summed E-state index contributed by atoms with van der Waals surface area (Å²) in [6.45, 7) is 0. The van der Waals surface area contributed by atoms with Crippen LogP contribution in [-0.4, -0.2) is 31.9 Å². The molecule has 0 spiro atoms. The van der Waals surface area contributed by atoms with Gasteiger partial charge in [0.1, 0.15) is 6.33 Å². The van der Waals surface area contributed by atoms with Crippen LogP contribution in [0.15, 0.2) is 30.6 Å². The van der Waals surface area contributed by atoms with E-state index in [1.807, 2.05) is 0 Å². The summed E-state index contributed by atoms with van der Waals surface area (Å²) in [6, 6.07) is 3.80. The van der Waals surface area contributed by atoms with Crippen LogP contribution in [-0.2, 0) is 11.0 Å². The molecule has 0 saturated heterocycles. The molecule has 0 unspecified atom stereocenters. The van der Waals surface area contributed by atoms with Gasteiger partial charge < -0.3 is 10.4 Å². The van der Waals surface area contributed by atoms with E-state index in [4.69, 9.17) is 5.11 Å². The number of aromatic nitrogens is 3. The van der Waals surface area contributed by atoms with Gasteiger partial charge in [-0.2, -0.15) is 13.2 Å². The SMILES string of the molecule is O=C(O)C=Cn1cnc(-c2cc(NC3CCC3)cc(C(F)(F)F)c2)n1. The fourth-order valence-corrected chi connectivity index (χ4v) is 2.41. The van der Waals surface area contributed by atoms with Crippen LogP contribution in [0.1, 0.15) is 24.8 Å². The Labute approximate surface area is 141 Å². The van der Waals surface area contributed by atoms with E-state index in [-0.39, 0.29) is 17.4 Å². The predicted molar refractivity (Wildman–Crippen MR) is 84.7 cm³/mol. The number of hydrogen-bond donors (Lipinski definition) is 2. The highest BCUT2D eigenvalue weighted by Crippen LogP contribution is 2.35. The minimum absolute atomic E-state index is 0.0813. The number of benzene rings is 1. The van der Waals surface area contributed by atoms with Gasteiger partial charge in [0.05, 0.1) is 5.56 Å². The van der Waals surface area contributed by atoms with Crippen LogP contribution in [0.25, 0.3) is 17.6 Å². The lowest BCUT2D eigenvalue weighted by Crippen LogP contribution is -2.27. The summed E-state index contributed by atoms with van der Waals surface area (Å²) in [7, 11) is 0. The number of carboxylic acids is 1. The Morgan fingerprint density at radius 1 is 1.32 bits per heavy atom. The smallest absolute Gasteiger partial charge is 0.416 e. The molecule has 1 aromatic heterocycles. The molecular formula is C16H15F3N4O2. The summed E-state index contributed by atoms with van der Waals surface area (Å²) in [5.74, 6) is -1.08. The lowest BCUT2D eigenvalue weighted by atomic mass is 9.92. The number of rotatable bonds is 5. The summed E-state index contributed by atoms with van der Waals surface area (Å²) in [6.07, 6.45) is 1.67. The van der Waals surface area contributed by atoms with E-state index in [9.17, 15) is 18.0 Å². The van der Waals surface area contributed by atoms with Crippen molar-refractivity contribution in [1.82, 2.24) is 14.8 Å². The first-order valence-electron chi connectivity index (χ1n) is 7.63. The first-order valence-corrected chi connectivity index (χ1v) is 7.63. The molecule has 0 atom stereocenters. The van der Waals surface area contributed by atoms with Crippen molar-refractivity contribution in [2.24, 2.45) is 0 Å². The molecule has 0 bridgehead atoms. The van der Waals surface area contributed by atoms with E-state index >= 15 is 0 Å². The molecule has 9 heteroatoms. The van der Waals surface area contributed by atoms with Crippen LogP contribution < -0.4 is 5.32 Å². The number of aliphatic carboxylic acids is 1. The van der Waals surface area contributed by atoms with E-state index < -0.39 is 17.7 Å². The van der Waals surface area contributed by atoms with Gasteiger partial charge in [-0.05, 0) is 37.5 Å². The molecule has 1 heterocycles. The third-order valence-corrected chi connectivity index (χ3v) is 3.87. The van der Waals surface area contributed by atoms with E-state index in [2.05, 4.69) is 15.4 Å². The number of hydrogen-bond acceptors (Lipinski definition) is 4. The molecule has 1 fully saturated rings. The molecule has 132 valence electrons. The first kappa shape index (κ1) is 17.0. The van der Waals surface area contributed by atoms with Gasteiger partial charge in [0.15, 0.2) is 5.82 Å². The average Bonchev–Trinajstić information content (AvgIpc) is 2.97. The summed E-state index contributed by atoms with van der Waals surface area (Å²) in [5, 5.41) is 15.7. The van der Waals surface area contributed by atoms with Crippen molar-refractivity contribution in [3.63, 3.8) is 0 Å². The maximum Gasteiger partial charge on any atom is 0.416 e. The van der Waals surface area contributed by atoms with Gasteiger partial charge >= 0.3 is 12.1 Å². The fourth-order valence-electron chi connectivity index (χ4n) is 2.41. The second kappa shape index (κ2) is 6.58. The Morgan fingerprint density at radius 3 is 2.68 bits per heavy atom. The van der Waals surface area contributed by atoms with E-state index in [1.54, 1.807) is 6.07 Å². The van der Waals surface area contributed by atoms with Gasteiger partial charge in [-0.25, -0.2) is 14.5 Å². The number of anilines is 1. The largest absolute Gasteiger partial charge is 0.478 e. The third-order valence-electron chi connectivity index (χ3n) is 3.87. The Kier molecular flexibility index (Phi) is 4.47. The van der Waals surface area contributed by atoms with Gasteiger partial charge in [-0.1, -0.05) is 0 Å². The summed E-state index contributed by atoms with van der Waals surface area (Å²) in [5.41, 5.74) is -0.213. The van der Waals surface area contributed by atoms with Gasteiger partial charge in [0.25, 0.3) is 0 Å². The van der Waals surface area contributed by atoms with Crippen molar-refractivity contribution in [2.45, 2.75) is 31.5 Å². The van der Waals surface area contributed by atoms with Crippen molar-refractivity contribution >= 4 is 17.9 Å². The molecule has 6 nitrogen and oxygen atoms in total. The standard InChI is InChI=1S/C16H15F3N4O2/c17-16(18,19)11-6-10(7-13(8-11)21-12-2-1-3-12)15-20-9-23(22-15)5-4-14(24)25/h4-9,12,21H,1-3H2,(H,24,25). The summed E-state index contributed by atoms with van der Waals surface area (Å²) < 4.78 is 40.6. The zero-order valence-corrected chi connectivity index (χ0v) is 13.0. The zero-order chi connectivity index (χ0) is 18.0. The number of nitrogens with zero attached hydrogens (tertiary/aromatic N) is 3. The Hall–Kier alpha value is -2.84. The average molecular weight is 352 g/mol. The lowest BCUT2D eigenvalue weighted by molar-refractivity contribution is -0.137. The number of carboxylic acid groups (broad SMARTS) is 1. The number of halogens is 3. The Bertz CT molecular complexity index is 810. The van der Waals surface area contributed by atoms with Crippen LogP contribution >= 0.6 is 0 Å². The Balaban J connectivity index is 1.93. The second-order valence-electron chi connectivity index (χ2n) is 5.77. The zero-order valence-electron chi connectivity index (χ0n) is 13.0. The van der Waals surface area contributed by atoms with Crippen molar-refractivity contribution in [2.75, 3.05) is 5.32 Å². The van der Waals surface area contributed by atoms with Crippen LogP contribution in [0.3, 0.4) is 0 Å². The molecule has 0 amide bonds. The maximum absolute atomic E-state index is 13.2. The number of alkyl halides is 3. The maximum atomic E-state index is 13.2. The molecule has 2 aromatic rings. The van der Waals surface area contributed by atoms with Crippen molar-refractivity contribution in [3.8, 4) is 11.4 Å². The molecule has 2 N–H and O–H groups in total. The van der Waals surface area contributed by atoms with Crippen LogP contribution in [0.4, 0.5) is 18.9 Å². The minimum Gasteiger partial charge on any atom is -0.478 e. The van der Waals surface area contributed by atoms with Gasteiger partial charge in [-0.3, -0.25) is 0 Å². The van der Waals surface area contributed by atoms with Gasteiger partial charge in [-0.15, -0.1) is 5.10 Å². The molecule has 1 aliphatic rings. The molecular weight excluding hydrogens is 337 g/mol. The minimum atomic E-state index is -4.49. The van der Waals surface area contributed by atoms with Crippen LogP contribution in [0.5, 0.6) is 0 Å². The normalized spacial score (nSPS) is 15.3. The second-order valence-corrected chi connectivity index (χ2v) is 5.77. The molecule has 0 radical (unpaired) electrons. The van der Waals surface area contributed by atoms with Gasteiger partial charge in [0.2, 0.25) is 0 Å². The predicted octanol–water partition coefficient (Wildman–Crippen LogP) is 3.48. The van der Waals surface area contributed by atoms with Crippen LogP contribution in [0, 0.1) is 0 Å². The highest BCUT2D eigenvalue weighted by molar-refractivity contribution is 5.82. The van der Waals surface area contributed by atoms with Crippen molar-refractivity contribution < 1.29 is 23.1 Å². The van der Waals surface area contributed by atoms with E-state index in [1.165, 1.54) is 6.33 Å². The summed E-state index contributed by atoms with van der Waals surface area (Å²) >= 11 is 0. The molecule has 1 aromatic carbocycles. The molecule has 0 aliphatic heterocycles. The van der Waals surface area contributed by atoms with Crippen LogP contribution in [0.2, 0.25) is 0 Å². The van der Waals surface area contributed by atoms with E-state index in [0.717, 1.165) is 48.4 Å². The van der Waals surface area contributed by atoms with Gasteiger partial charge in [0, 0.05) is 29.6 Å². The fraction of sp³-hybridized carbons (Fsp3) is 0.312. The highest BCUT2D eigenvalue weighted by atomic mass is 19.4. The highest BCUT2D eigenvalue weighted by Gasteiger charge is 2.32. The third kappa shape index (κ3) is 4.17. The first-order chi connectivity index (χ1) is 11.8. The lowest BCUT2D eigenvalue weighted by Gasteiger charge is -2.28. The topological polar surface area (TPSA) is 80.0 Å². The monoisotopic (exact) mass is 352 g/mol. The molecule has 1 saturated carbocycles.